The predicted octanol–water partition coefficient (Wildman–Crippen LogP) is 2.74. The summed E-state index contributed by atoms with van der Waals surface area (Å²) < 4.78 is 5.39. The number of carbonyl (C=O) groups excluding carboxylic acids is 1. The monoisotopic (exact) mass is 283 g/mol. The van der Waals surface area contributed by atoms with Gasteiger partial charge in [-0.2, -0.15) is 0 Å². The van der Waals surface area contributed by atoms with E-state index in [1.807, 2.05) is 20.8 Å². The smallest absolute Gasteiger partial charge is 0.410 e. The number of carbonyl (C=O) groups is 2. The fraction of sp³-hybridized carbons (Fsp3) is 0.867. The number of rotatable bonds is 2. The maximum Gasteiger partial charge on any atom is 0.410 e. The molecule has 0 bridgehead atoms. The van der Waals surface area contributed by atoms with Crippen LogP contribution in [0.1, 0.15) is 47.0 Å². The molecule has 2 fully saturated rings. The molecular weight excluding hydrogens is 258 g/mol. The molecule has 1 aliphatic heterocycles. The number of carboxylic acids is 1. The van der Waals surface area contributed by atoms with Gasteiger partial charge in [0.05, 0.1) is 5.92 Å². The summed E-state index contributed by atoms with van der Waals surface area (Å²) in [7, 11) is 0. The molecule has 1 N–H and O–H groups in total. The molecule has 0 radical (unpaired) electrons. The molecule has 2 atom stereocenters. The van der Waals surface area contributed by atoms with E-state index < -0.39 is 17.5 Å². The second-order valence-electron chi connectivity index (χ2n) is 7.27. The molecule has 0 aromatic heterocycles. The van der Waals surface area contributed by atoms with Crippen LogP contribution in [0, 0.1) is 17.3 Å². The maximum absolute atomic E-state index is 12.1. The van der Waals surface area contributed by atoms with Gasteiger partial charge < -0.3 is 14.7 Å². The third-order valence-corrected chi connectivity index (χ3v) is 4.62. The molecule has 2 aliphatic rings. The normalized spacial score (nSPS) is 26.2. The Morgan fingerprint density at radius 3 is 2.35 bits per heavy atom. The molecule has 0 aromatic carbocycles. The SMILES string of the molecule is CC(C(=O)O)C1CN(C(=O)OC(C)(C)C)CCC12CC2. The van der Waals surface area contributed by atoms with Crippen LogP contribution in [-0.4, -0.2) is 40.8 Å². The Balaban J connectivity index is 2.05. The van der Waals surface area contributed by atoms with E-state index in [9.17, 15) is 14.7 Å². The first-order chi connectivity index (χ1) is 9.15. The summed E-state index contributed by atoms with van der Waals surface area (Å²) in [6.45, 7) is 8.46. The first-order valence-electron chi connectivity index (χ1n) is 7.35. The number of nitrogens with zero attached hydrogens (tertiary/aromatic N) is 1. The standard InChI is InChI=1S/C15H25NO4/c1-10(12(17)18)11-9-16(8-7-15(11)5-6-15)13(19)20-14(2,3)4/h10-11H,5-9H2,1-4H3,(H,17,18). The van der Waals surface area contributed by atoms with Crippen LogP contribution in [0.2, 0.25) is 0 Å². The van der Waals surface area contributed by atoms with Crippen molar-refractivity contribution in [3.05, 3.63) is 0 Å². The van der Waals surface area contributed by atoms with Gasteiger partial charge in [0, 0.05) is 13.1 Å². The summed E-state index contributed by atoms with van der Waals surface area (Å²) in [5.74, 6) is -1.14. The van der Waals surface area contributed by atoms with Crippen molar-refractivity contribution in [1.82, 2.24) is 4.90 Å². The Labute approximate surface area is 120 Å². The Bertz CT molecular complexity index is 409. The van der Waals surface area contributed by atoms with Crippen LogP contribution in [0.25, 0.3) is 0 Å². The first kappa shape index (κ1) is 15.1. The van der Waals surface area contributed by atoms with Gasteiger partial charge in [0.2, 0.25) is 0 Å². The van der Waals surface area contributed by atoms with Gasteiger partial charge in [0.15, 0.2) is 0 Å². The topological polar surface area (TPSA) is 66.8 Å². The molecule has 1 saturated carbocycles. The van der Waals surface area contributed by atoms with Gasteiger partial charge in [-0.05, 0) is 51.4 Å². The van der Waals surface area contributed by atoms with Crippen molar-refractivity contribution in [1.29, 1.82) is 0 Å². The number of hydrogen-bond acceptors (Lipinski definition) is 3. The highest BCUT2D eigenvalue weighted by molar-refractivity contribution is 5.71. The van der Waals surface area contributed by atoms with Gasteiger partial charge in [-0.3, -0.25) is 4.79 Å². The van der Waals surface area contributed by atoms with Gasteiger partial charge >= 0.3 is 12.1 Å². The minimum atomic E-state index is -0.771. The second kappa shape index (κ2) is 4.93. The molecule has 5 heteroatoms. The zero-order valence-corrected chi connectivity index (χ0v) is 12.8. The van der Waals surface area contributed by atoms with Crippen LogP contribution in [0.3, 0.4) is 0 Å². The zero-order valence-electron chi connectivity index (χ0n) is 12.8. The summed E-state index contributed by atoms with van der Waals surface area (Å²) in [6.07, 6.45) is 2.76. The molecule has 2 unspecified atom stereocenters. The average Bonchev–Trinajstić information content (AvgIpc) is 3.06. The Hall–Kier alpha value is -1.26. The molecule has 2 rings (SSSR count). The van der Waals surface area contributed by atoms with E-state index in [0.717, 1.165) is 19.3 Å². The van der Waals surface area contributed by atoms with Crippen molar-refractivity contribution in [3.63, 3.8) is 0 Å². The summed E-state index contributed by atoms with van der Waals surface area (Å²) in [5.41, 5.74) is -0.351. The maximum atomic E-state index is 12.1. The highest BCUT2D eigenvalue weighted by atomic mass is 16.6. The lowest BCUT2D eigenvalue weighted by Crippen LogP contribution is -2.49. The molecular formula is C15H25NO4. The van der Waals surface area contributed by atoms with Gasteiger partial charge in [-0.1, -0.05) is 6.92 Å². The van der Waals surface area contributed by atoms with Crippen LogP contribution in [0.5, 0.6) is 0 Å². The highest BCUT2D eigenvalue weighted by Gasteiger charge is 2.55. The lowest BCUT2D eigenvalue weighted by atomic mass is 9.75. The quantitative estimate of drug-likeness (QED) is 0.846. The number of piperidine rings is 1. The first-order valence-corrected chi connectivity index (χ1v) is 7.35. The van der Waals surface area contributed by atoms with Gasteiger partial charge in [-0.25, -0.2) is 4.79 Å². The number of hydrogen-bond donors (Lipinski definition) is 1. The van der Waals surface area contributed by atoms with Crippen LogP contribution < -0.4 is 0 Å². The molecule has 0 aromatic rings. The Morgan fingerprint density at radius 2 is 1.90 bits per heavy atom. The fourth-order valence-electron chi connectivity index (χ4n) is 3.20. The summed E-state index contributed by atoms with van der Waals surface area (Å²) in [6, 6.07) is 0. The van der Waals surface area contributed by atoms with Crippen molar-refractivity contribution in [2.24, 2.45) is 17.3 Å². The molecule has 20 heavy (non-hydrogen) atoms. The highest BCUT2D eigenvalue weighted by Crippen LogP contribution is 2.59. The van der Waals surface area contributed by atoms with E-state index in [0.29, 0.717) is 13.1 Å². The third kappa shape index (κ3) is 3.07. The van der Waals surface area contributed by atoms with Crippen LogP contribution in [0.15, 0.2) is 0 Å². The molecule has 1 amide bonds. The van der Waals surface area contributed by atoms with Crippen molar-refractivity contribution >= 4 is 12.1 Å². The number of aliphatic carboxylic acids is 1. The van der Waals surface area contributed by atoms with Crippen LogP contribution in [0.4, 0.5) is 4.79 Å². The van der Waals surface area contributed by atoms with Crippen LogP contribution >= 0.6 is 0 Å². The lowest BCUT2D eigenvalue weighted by Gasteiger charge is -2.41. The van der Waals surface area contributed by atoms with E-state index in [4.69, 9.17) is 4.74 Å². The van der Waals surface area contributed by atoms with Gasteiger partial charge in [0.1, 0.15) is 5.60 Å². The number of amides is 1. The molecule has 1 heterocycles. The van der Waals surface area contributed by atoms with Crippen molar-refractivity contribution in [2.75, 3.05) is 13.1 Å². The van der Waals surface area contributed by atoms with E-state index in [1.165, 1.54) is 0 Å². The molecule has 1 saturated heterocycles. The predicted molar refractivity (Wildman–Crippen MR) is 74.4 cm³/mol. The third-order valence-electron chi connectivity index (χ3n) is 4.62. The van der Waals surface area contributed by atoms with E-state index in [-0.39, 0.29) is 17.4 Å². The Kier molecular flexibility index (Phi) is 3.73. The van der Waals surface area contributed by atoms with Crippen molar-refractivity contribution in [3.8, 4) is 0 Å². The zero-order chi connectivity index (χ0) is 15.1. The number of carboxylic acid groups (broad SMARTS) is 1. The van der Waals surface area contributed by atoms with Crippen molar-refractivity contribution < 1.29 is 19.4 Å². The Morgan fingerprint density at radius 1 is 1.30 bits per heavy atom. The molecule has 5 nitrogen and oxygen atoms in total. The molecule has 114 valence electrons. The largest absolute Gasteiger partial charge is 0.481 e. The lowest BCUT2D eigenvalue weighted by molar-refractivity contribution is -0.145. The molecule has 1 spiro atoms. The van der Waals surface area contributed by atoms with E-state index in [2.05, 4.69) is 0 Å². The van der Waals surface area contributed by atoms with Gasteiger partial charge in [-0.15, -0.1) is 0 Å². The van der Waals surface area contributed by atoms with E-state index >= 15 is 0 Å². The minimum Gasteiger partial charge on any atom is -0.481 e. The molecule has 1 aliphatic carbocycles. The fourth-order valence-corrected chi connectivity index (χ4v) is 3.20. The summed E-state index contributed by atoms with van der Waals surface area (Å²) in [4.78, 5) is 25.1. The average molecular weight is 283 g/mol. The number of ether oxygens (including phenoxy) is 1. The van der Waals surface area contributed by atoms with E-state index in [1.54, 1.807) is 11.8 Å². The minimum absolute atomic E-state index is 0.0428. The van der Waals surface area contributed by atoms with Gasteiger partial charge in [0.25, 0.3) is 0 Å². The van der Waals surface area contributed by atoms with Crippen molar-refractivity contribution in [2.45, 2.75) is 52.6 Å². The second-order valence-corrected chi connectivity index (χ2v) is 7.27. The summed E-state index contributed by atoms with van der Waals surface area (Å²) >= 11 is 0. The number of likely N-dealkylation sites (tertiary alicyclic amines) is 1. The summed E-state index contributed by atoms with van der Waals surface area (Å²) in [5, 5.41) is 9.27. The van der Waals surface area contributed by atoms with Crippen LogP contribution in [-0.2, 0) is 9.53 Å².